The number of aromatic nitrogens is 2. The van der Waals surface area contributed by atoms with E-state index >= 15 is 0 Å². The summed E-state index contributed by atoms with van der Waals surface area (Å²) in [5.41, 5.74) is 3.29. The Kier molecular flexibility index (Phi) is 3.89. The number of hydrogen-bond donors (Lipinski definition) is 2. The fraction of sp³-hybridized carbons (Fsp3) is 0.133. The molecule has 2 aromatic heterocycles. The highest BCUT2D eigenvalue weighted by Crippen LogP contribution is 2.28. The third kappa shape index (κ3) is 2.94. The molecule has 102 valence electrons. The van der Waals surface area contributed by atoms with Gasteiger partial charge in [0.1, 0.15) is 0 Å². The lowest BCUT2D eigenvalue weighted by molar-refractivity contribution is 0.908. The summed E-state index contributed by atoms with van der Waals surface area (Å²) in [7, 11) is 0. The van der Waals surface area contributed by atoms with Gasteiger partial charge < -0.3 is 5.32 Å². The van der Waals surface area contributed by atoms with Gasteiger partial charge in [0, 0.05) is 26.6 Å². The van der Waals surface area contributed by atoms with Crippen LogP contribution in [0.25, 0.3) is 11.3 Å². The van der Waals surface area contributed by atoms with Crippen molar-refractivity contribution in [3.05, 3.63) is 57.3 Å². The number of anilines is 1. The average molecular weight is 348 g/mol. The van der Waals surface area contributed by atoms with E-state index < -0.39 is 0 Å². The van der Waals surface area contributed by atoms with Gasteiger partial charge in [-0.1, -0.05) is 12.1 Å². The SMILES string of the molecule is CC(Nc1ccc(-c2ccn[nH]2)cc1)c1cc(Br)cs1. The molecule has 3 nitrogen and oxygen atoms in total. The van der Waals surface area contributed by atoms with Crippen molar-refractivity contribution in [3.8, 4) is 11.3 Å². The maximum absolute atomic E-state index is 3.97. The minimum Gasteiger partial charge on any atom is -0.378 e. The minimum absolute atomic E-state index is 0.296. The molecule has 0 radical (unpaired) electrons. The topological polar surface area (TPSA) is 40.7 Å². The molecule has 0 spiro atoms. The lowest BCUT2D eigenvalue weighted by atomic mass is 10.1. The number of hydrogen-bond acceptors (Lipinski definition) is 3. The first-order chi connectivity index (χ1) is 9.72. The third-order valence-electron chi connectivity index (χ3n) is 3.09. The molecule has 1 atom stereocenters. The normalized spacial score (nSPS) is 12.3. The van der Waals surface area contributed by atoms with Gasteiger partial charge in [0.25, 0.3) is 0 Å². The van der Waals surface area contributed by atoms with E-state index in [2.05, 4.69) is 74.1 Å². The molecular formula is C15H14BrN3S. The Balaban J connectivity index is 1.72. The monoisotopic (exact) mass is 347 g/mol. The van der Waals surface area contributed by atoms with Crippen LogP contribution < -0.4 is 5.32 Å². The van der Waals surface area contributed by atoms with Gasteiger partial charge in [0.05, 0.1) is 11.7 Å². The molecular weight excluding hydrogens is 334 g/mol. The highest BCUT2D eigenvalue weighted by atomic mass is 79.9. The minimum atomic E-state index is 0.296. The molecule has 5 heteroatoms. The van der Waals surface area contributed by atoms with Crippen LogP contribution in [-0.2, 0) is 0 Å². The highest BCUT2D eigenvalue weighted by Gasteiger charge is 2.08. The van der Waals surface area contributed by atoms with Crippen LogP contribution in [0, 0.1) is 0 Å². The van der Waals surface area contributed by atoms with Gasteiger partial charge in [-0.25, -0.2) is 0 Å². The summed E-state index contributed by atoms with van der Waals surface area (Å²) in [5, 5.41) is 12.5. The summed E-state index contributed by atoms with van der Waals surface area (Å²) in [4.78, 5) is 1.31. The first kappa shape index (κ1) is 13.4. The average Bonchev–Trinajstić information content (AvgIpc) is 3.10. The largest absolute Gasteiger partial charge is 0.378 e. The van der Waals surface area contributed by atoms with Crippen molar-refractivity contribution in [2.75, 3.05) is 5.32 Å². The number of rotatable bonds is 4. The second-order valence-electron chi connectivity index (χ2n) is 4.58. The van der Waals surface area contributed by atoms with Crippen LogP contribution in [-0.4, -0.2) is 10.2 Å². The summed E-state index contributed by atoms with van der Waals surface area (Å²) in [5.74, 6) is 0. The predicted octanol–water partition coefficient (Wildman–Crippen LogP) is 5.07. The third-order valence-corrected chi connectivity index (χ3v) is 4.97. The molecule has 2 N–H and O–H groups in total. The van der Waals surface area contributed by atoms with Gasteiger partial charge in [0.2, 0.25) is 0 Å². The first-order valence-corrected chi connectivity index (χ1v) is 8.00. The zero-order valence-corrected chi connectivity index (χ0v) is 13.3. The lowest BCUT2D eigenvalue weighted by Crippen LogP contribution is -2.04. The Morgan fingerprint density at radius 3 is 2.65 bits per heavy atom. The van der Waals surface area contributed by atoms with E-state index in [0.29, 0.717) is 6.04 Å². The molecule has 0 aliphatic heterocycles. The Morgan fingerprint density at radius 1 is 1.25 bits per heavy atom. The fourth-order valence-electron chi connectivity index (χ4n) is 2.04. The molecule has 20 heavy (non-hydrogen) atoms. The van der Waals surface area contributed by atoms with Crippen LogP contribution in [0.5, 0.6) is 0 Å². The van der Waals surface area contributed by atoms with E-state index in [9.17, 15) is 0 Å². The van der Waals surface area contributed by atoms with E-state index in [1.54, 1.807) is 17.5 Å². The number of nitrogens with one attached hydrogen (secondary N) is 2. The Labute approximate surface area is 130 Å². The number of halogens is 1. The fourth-order valence-corrected chi connectivity index (χ4v) is 3.49. The lowest BCUT2D eigenvalue weighted by Gasteiger charge is -2.13. The zero-order valence-electron chi connectivity index (χ0n) is 10.9. The molecule has 0 amide bonds. The van der Waals surface area contributed by atoms with Gasteiger partial charge in [-0.15, -0.1) is 11.3 Å². The number of nitrogens with zero attached hydrogens (tertiary/aromatic N) is 1. The molecule has 3 rings (SSSR count). The zero-order chi connectivity index (χ0) is 13.9. The summed E-state index contributed by atoms with van der Waals surface area (Å²) in [6.07, 6.45) is 1.76. The Bertz CT molecular complexity index is 673. The maximum atomic E-state index is 3.97. The van der Waals surface area contributed by atoms with Crippen LogP contribution in [0.1, 0.15) is 17.8 Å². The van der Waals surface area contributed by atoms with Crippen LogP contribution in [0.2, 0.25) is 0 Å². The van der Waals surface area contributed by atoms with Gasteiger partial charge in [0.15, 0.2) is 0 Å². The standard InChI is InChI=1S/C15H14BrN3S/c1-10(15-8-12(16)9-20-15)18-13-4-2-11(3-5-13)14-6-7-17-19-14/h2-10,18H,1H3,(H,17,19). The van der Waals surface area contributed by atoms with Crippen LogP contribution in [0.3, 0.4) is 0 Å². The molecule has 1 aromatic carbocycles. The predicted molar refractivity (Wildman–Crippen MR) is 88.1 cm³/mol. The van der Waals surface area contributed by atoms with Gasteiger partial charge in [-0.05, 0) is 52.7 Å². The van der Waals surface area contributed by atoms with E-state index in [1.165, 1.54) is 4.88 Å². The first-order valence-electron chi connectivity index (χ1n) is 6.32. The maximum Gasteiger partial charge on any atom is 0.0650 e. The Hall–Kier alpha value is -1.59. The number of H-pyrrole nitrogens is 1. The smallest absolute Gasteiger partial charge is 0.0650 e. The van der Waals surface area contributed by atoms with Crippen molar-refractivity contribution < 1.29 is 0 Å². The second kappa shape index (κ2) is 5.81. The molecule has 0 bridgehead atoms. The van der Waals surface area contributed by atoms with E-state index in [-0.39, 0.29) is 0 Å². The van der Waals surface area contributed by atoms with Crippen molar-refractivity contribution >= 4 is 33.0 Å². The summed E-state index contributed by atoms with van der Waals surface area (Å²) in [6.45, 7) is 2.17. The summed E-state index contributed by atoms with van der Waals surface area (Å²) < 4.78 is 1.14. The molecule has 0 aliphatic rings. The van der Waals surface area contributed by atoms with Gasteiger partial charge in [-0.2, -0.15) is 5.10 Å². The quantitative estimate of drug-likeness (QED) is 0.691. The number of aromatic amines is 1. The van der Waals surface area contributed by atoms with Crippen molar-refractivity contribution in [2.24, 2.45) is 0 Å². The number of benzene rings is 1. The van der Waals surface area contributed by atoms with Crippen LogP contribution >= 0.6 is 27.3 Å². The molecule has 0 fully saturated rings. The number of thiophene rings is 1. The molecule has 2 heterocycles. The molecule has 0 saturated heterocycles. The van der Waals surface area contributed by atoms with Crippen LogP contribution in [0.15, 0.2) is 52.4 Å². The van der Waals surface area contributed by atoms with Crippen molar-refractivity contribution in [3.63, 3.8) is 0 Å². The van der Waals surface area contributed by atoms with Crippen molar-refractivity contribution in [1.29, 1.82) is 0 Å². The van der Waals surface area contributed by atoms with E-state index in [0.717, 1.165) is 21.4 Å². The van der Waals surface area contributed by atoms with Crippen LogP contribution in [0.4, 0.5) is 5.69 Å². The summed E-state index contributed by atoms with van der Waals surface area (Å²) in [6, 6.07) is 12.8. The molecule has 1 unspecified atom stereocenters. The molecule has 0 saturated carbocycles. The van der Waals surface area contributed by atoms with E-state index in [4.69, 9.17) is 0 Å². The van der Waals surface area contributed by atoms with Crippen molar-refractivity contribution in [1.82, 2.24) is 10.2 Å². The summed E-state index contributed by atoms with van der Waals surface area (Å²) >= 11 is 5.25. The Morgan fingerprint density at radius 2 is 2.05 bits per heavy atom. The second-order valence-corrected chi connectivity index (χ2v) is 6.44. The van der Waals surface area contributed by atoms with Gasteiger partial charge in [-0.3, -0.25) is 5.10 Å². The van der Waals surface area contributed by atoms with Crippen molar-refractivity contribution in [2.45, 2.75) is 13.0 Å². The van der Waals surface area contributed by atoms with Gasteiger partial charge >= 0.3 is 0 Å². The molecule has 3 aromatic rings. The van der Waals surface area contributed by atoms with E-state index in [1.807, 2.05) is 6.07 Å². The highest BCUT2D eigenvalue weighted by molar-refractivity contribution is 9.10. The molecule has 0 aliphatic carbocycles.